The lowest BCUT2D eigenvalue weighted by atomic mass is 10.1. The number of aromatic nitrogens is 2. The quantitative estimate of drug-likeness (QED) is 0.173. The number of imidazole rings is 1. The van der Waals surface area contributed by atoms with Crippen molar-refractivity contribution in [2.75, 3.05) is 11.9 Å². The summed E-state index contributed by atoms with van der Waals surface area (Å²) in [5, 5.41) is 5.39. The van der Waals surface area contributed by atoms with Crippen molar-refractivity contribution in [3.63, 3.8) is 0 Å². The van der Waals surface area contributed by atoms with Crippen LogP contribution in [0.2, 0.25) is 15.1 Å². The Bertz CT molecular complexity index is 1710. The van der Waals surface area contributed by atoms with Gasteiger partial charge in [0.1, 0.15) is 24.0 Å². The minimum Gasteiger partial charge on any atom is -0.487 e. The number of nitrogens with one attached hydrogen (secondary N) is 2. The van der Waals surface area contributed by atoms with E-state index in [1.54, 1.807) is 23.7 Å². The van der Waals surface area contributed by atoms with Crippen LogP contribution in [0.3, 0.4) is 0 Å². The summed E-state index contributed by atoms with van der Waals surface area (Å²) in [6.45, 7) is 1.27. The van der Waals surface area contributed by atoms with Crippen LogP contribution in [-0.2, 0) is 24.8 Å². The number of anilines is 1. The van der Waals surface area contributed by atoms with Gasteiger partial charge in [-0.05, 0) is 55.3 Å². The second-order valence-corrected chi connectivity index (χ2v) is 11.2. The van der Waals surface area contributed by atoms with Gasteiger partial charge in [0.05, 0.1) is 26.6 Å². The molecule has 14 heteroatoms. The monoisotopic (exact) mass is 658 g/mol. The zero-order chi connectivity index (χ0) is 31.6. The maximum Gasteiger partial charge on any atom is 0.272 e. The number of hydrogen-bond donors (Lipinski definition) is 2. The Kier molecular flexibility index (Phi) is 9.78. The predicted octanol–water partition coefficient (Wildman–Crippen LogP) is 7.52. The summed E-state index contributed by atoms with van der Waals surface area (Å²) in [7, 11) is 1.68. The smallest absolute Gasteiger partial charge is 0.272 e. The van der Waals surface area contributed by atoms with Crippen molar-refractivity contribution < 1.29 is 31.9 Å². The van der Waals surface area contributed by atoms with Gasteiger partial charge in [-0.1, -0.05) is 40.9 Å². The molecule has 4 aromatic rings. The van der Waals surface area contributed by atoms with Crippen molar-refractivity contribution in [2.24, 2.45) is 7.05 Å². The first-order valence-corrected chi connectivity index (χ1v) is 13.9. The maximum atomic E-state index is 13.9. The van der Waals surface area contributed by atoms with Crippen molar-refractivity contribution in [1.29, 1.82) is 0 Å². The van der Waals surface area contributed by atoms with E-state index < -0.39 is 36.3 Å². The number of hydrogen-bond acceptors (Lipinski definition) is 4. The van der Waals surface area contributed by atoms with E-state index in [9.17, 15) is 27.2 Å². The molecule has 2 amide bonds. The Morgan fingerprint density at radius 2 is 1.79 bits per heavy atom. The molecule has 0 bridgehead atoms. The summed E-state index contributed by atoms with van der Waals surface area (Å²) in [6.07, 6.45) is -2.69. The van der Waals surface area contributed by atoms with E-state index in [1.165, 1.54) is 24.3 Å². The van der Waals surface area contributed by atoms with Crippen molar-refractivity contribution in [1.82, 2.24) is 14.9 Å². The Labute approximate surface area is 259 Å². The fraction of sp³-hybridized carbons (Fsp3) is 0.276. The van der Waals surface area contributed by atoms with Gasteiger partial charge in [-0.15, -0.1) is 0 Å². The number of nitrogens with zero attached hydrogens (tertiary/aromatic N) is 2. The fourth-order valence-electron chi connectivity index (χ4n) is 4.14. The highest BCUT2D eigenvalue weighted by Crippen LogP contribution is 2.33. The summed E-state index contributed by atoms with van der Waals surface area (Å²) in [5.74, 6) is -1.88. The zero-order valence-electron chi connectivity index (χ0n) is 23.0. The molecule has 7 nitrogen and oxygen atoms in total. The van der Waals surface area contributed by atoms with Crippen LogP contribution in [0, 0.1) is 5.82 Å². The Morgan fingerprint density at radius 1 is 1.07 bits per heavy atom. The highest BCUT2D eigenvalue weighted by atomic mass is 35.5. The summed E-state index contributed by atoms with van der Waals surface area (Å²) >= 11 is 18.9. The van der Waals surface area contributed by atoms with Gasteiger partial charge in [0.15, 0.2) is 5.67 Å². The molecular formula is C29H25Cl3F4N4O3. The number of alkyl halides is 3. The number of halogens is 7. The van der Waals surface area contributed by atoms with Crippen LogP contribution in [0.5, 0.6) is 5.75 Å². The number of rotatable bonds is 10. The third kappa shape index (κ3) is 7.52. The van der Waals surface area contributed by atoms with Crippen molar-refractivity contribution >= 4 is 63.3 Å². The number of carbonyl (C=O) groups excluding carboxylic acids is 2. The molecular weight excluding hydrogens is 635 g/mol. The molecule has 1 aromatic heterocycles. The van der Waals surface area contributed by atoms with Gasteiger partial charge in [-0.25, -0.2) is 22.5 Å². The predicted molar refractivity (Wildman–Crippen MR) is 158 cm³/mol. The van der Waals surface area contributed by atoms with Crippen molar-refractivity contribution in [2.45, 2.75) is 38.9 Å². The van der Waals surface area contributed by atoms with Crippen molar-refractivity contribution in [3.8, 4) is 5.75 Å². The highest BCUT2D eigenvalue weighted by molar-refractivity contribution is 6.36. The molecule has 228 valence electrons. The Hall–Kier alpha value is -3.54. The lowest BCUT2D eigenvalue weighted by molar-refractivity contribution is -0.130. The van der Waals surface area contributed by atoms with E-state index in [-0.39, 0.29) is 40.0 Å². The number of aryl methyl sites for hydroxylation is 1. The van der Waals surface area contributed by atoms with Crippen LogP contribution in [0.15, 0.2) is 42.5 Å². The Balaban J connectivity index is 1.69. The molecule has 4 rings (SSSR count). The summed E-state index contributed by atoms with van der Waals surface area (Å²) in [5.41, 5.74) is -0.217. The topological polar surface area (TPSA) is 85.2 Å². The molecule has 43 heavy (non-hydrogen) atoms. The molecule has 0 saturated carbocycles. The number of fused-ring (bicyclic) bond motifs is 1. The lowest BCUT2D eigenvalue weighted by Gasteiger charge is -2.16. The molecule has 2 N–H and O–H groups in total. The standard InChI is InChI=1S/C29H25Cl3F4N4O3/c1-29(2,36)28(42)37-12-14-4-6-18(30)16(26(14)32)10-25-39-21-9-17(23(43-13-24(34)35)11-22(21)40(25)3)27(41)38-15-5-7-20(33)19(31)8-15/h4-9,11,24H,10,12-13H2,1-3H3,(H,37,42)(H,38,41). The molecule has 0 saturated heterocycles. The van der Waals surface area contributed by atoms with Crippen LogP contribution >= 0.6 is 34.8 Å². The SMILES string of the molecule is Cn1c(Cc2c(Cl)ccc(CNC(=O)C(C)(C)F)c2Cl)nc2cc(C(=O)Nc3ccc(F)c(Cl)c3)c(OCC(F)F)cc21. The van der Waals surface area contributed by atoms with Gasteiger partial charge in [0.2, 0.25) is 0 Å². The van der Waals surface area contributed by atoms with E-state index in [4.69, 9.17) is 39.5 Å². The number of amides is 2. The zero-order valence-corrected chi connectivity index (χ0v) is 25.3. The van der Waals surface area contributed by atoms with E-state index in [0.29, 0.717) is 33.0 Å². The molecule has 0 radical (unpaired) electrons. The van der Waals surface area contributed by atoms with Crippen molar-refractivity contribution in [3.05, 3.63) is 85.9 Å². The van der Waals surface area contributed by atoms with Gasteiger partial charge in [-0.2, -0.15) is 0 Å². The lowest BCUT2D eigenvalue weighted by Crippen LogP contribution is -2.38. The van der Waals surface area contributed by atoms with Crippen LogP contribution in [-0.4, -0.2) is 40.1 Å². The van der Waals surface area contributed by atoms with E-state index in [0.717, 1.165) is 19.9 Å². The summed E-state index contributed by atoms with van der Waals surface area (Å²) in [4.78, 5) is 29.8. The highest BCUT2D eigenvalue weighted by Gasteiger charge is 2.26. The van der Waals surface area contributed by atoms with Crippen LogP contribution in [0.4, 0.5) is 23.2 Å². The van der Waals surface area contributed by atoms with Crippen LogP contribution < -0.4 is 15.4 Å². The van der Waals surface area contributed by atoms with E-state index in [1.807, 2.05) is 0 Å². The second kappa shape index (κ2) is 13.0. The first-order valence-electron chi connectivity index (χ1n) is 12.7. The number of benzene rings is 3. The van der Waals surface area contributed by atoms with Crippen LogP contribution in [0.1, 0.15) is 41.2 Å². The molecule has 0 aliphatic heterocycles. The fourth-order valence-corrected chi connectivity index (χ4v) is 4.89. The maximum absolute atomic E-state index is 13.9. The molecule has 3 aromatic carbocycles. The molecule has 0 unspecified atom stereocenters. The molecule has 0 fully saturated rings. The van der Waals surface area contributed by atoms with Gasteiger partial charge in [0, 0.05) is 36.8 Å². The number of carbonyl (C=O) groups is 2. The third-order valence-electron chi connectivity index (χ3n) is 6.44. The van der Waals surface area contributed by atoms with Crippen LogP contribution in [0.25, 0.3) is 11.0 Å². The molecule has 0 aliphatic rings. The van der Waals surface area contributed by atoms with Gasteiger partial charge < -0.3 is 19.9 Å². The first kappa shape index (κ1) is 32.4. The van der Waals surface area contributed by atoms with Gasteiger partial charge in [0.25, 0.3) is 18.2 Å². The average Bonchev–Trinajstić information content (AvgIpc) is 3.24. The molecule has 0 aliphatic carbocycles. The number of ether oxygens (including phenoxy) is 1. The first-order chi connectivity index (χ1) is 20.1. The third-order valence-corrected chi connectivity index (χ3v) is 7.56. The normalized spacial score (nSPS) is 11.7. The minimum absolute atomic E-state index is 0.0414. The average molecular weight is 660 g/mol. The Morgan fingerprint density at radius 3 is 2.44 bits per heavy atom. The van der Waals surface area contributed by atoms with Gasteiger partial charge in [-0.3, -0.25) is 9.59 Å². The summed E-state index contributed by atoms with van der Waals surface area (Å²) < 4.78 is 60.5. The molecule has 0 spiro atoms. The minimum atomic E-state index is -2.80. The summed E-state index contributed by atoms with van der Waals surface area (Å²) in [6, 6.07) is 9.57. The molecule has 1 heterocycles. The largest absolute Gasteiger partial charge is 0.487 e. The van der Waals surface area contributed by atoms with E-state index in [2.05, 4.69) is 15.6 Å². The van der Waals surface area contributed by atoms with E-state index >= 15 is 0 Å². The van der Waals surface area contributed by atoms with Gasteiger partial charge >= 0.3 is 0 Å². The second-order valence-electron chi connectivity index (χ2n) is 10.0. The molecule has 0 atom stereocenters.